The number of nitrogens with zero attached hydrogens (tertiary/aromatic N) is 3. The Kier molecular flexibility index (Phi) is 7.94. The monoisotopic (exact) mass is 321 g/mol. The van der Waals surface area contributed by atoms with Gasteiger partial charge < -0.3 is 19.4 Å². The Balaban J connectivity index is 2.83. The number of hydrogen-bond donors (Lipinski definition) is 0. The summed E-state index contributed by atoms with van der Waals surface area (Å²) in [5.41, 5.74) is 0.907. The number of carbonyl (C=O) groups is 1. The second-order valence-electron chi connectivity index (χ2n) is 5.09. The molecule has 1 aromatic rings. The van der Waals surface area contributed by atoms with Crippen LogP contribution in [-0.2, 0) is 4.79 Å². The lowest BCUT2D eigenvalue weighted by Gasteiger charge is -2.19. The molecule has 0 aliphatic carbocycles. The van der Waals surface area contributed by atoms with Crippen LogP contribution in [0.5, 0.6) is 11.5 Å². The zero-order valence-electron chi connectivity index (χ0n) is 14.7. The largest absolute Gasteiger partial charge is 0.490 e. The number of likely N-dealkylation sites (N-methyl/N-ethyl adjacent to an activating group) is 1. The summed E-state index contributed by atoms with van der Waals surface area (Å²) in [7, 11) is 3.71. The molecule has 0 aliphatic heterocycles. The normalized spacial score (nSPS) is 10.7. The van der Waals surface area contributed by atoms with E-state index >= 15 is 0 Å². The van der Waals surface area contributed by atoms with Crippen LogP contribution in [0.2, 0.25) is 0 Å². The van der Waals surface area contributed by atoms with Gasteiger partial charge in [0.1, 0.15) is 0 Å². The highest BCUT2D eigenvalue weighted by molar-refractivity contribution is 5.81. The zero-order valence-corrected chi connectivity index (χ0v) is 14.7. The summed E-state index contributed by atoms with van der Waals surface area (Å²) in [6, 6.07) is 5.54. The number of hydrazone groups is 1. The first-order valence-corrected chi connectivity index (χ1v) is 7.90. The maximum absolute atomic E-state index is 12.0. The van der Waals surface area contributed by atoms with Crippen molar-refractivity contribution >= 4 is 12.1 Å². The summed E-state index contributed by atoms with van der Waals surface area (Å²) in [4.78, 5) is 13.8. The standard InChI is InChI=1S/C17H27N3O3/c1-6-20(7-2)17(21)13-23-15-10-9-14(12-18-19(4)5)11-16(15)22-8-3/h9-12H,6-8,13H2,1-5H3/b18-12+. The molecule has 0 aromatic heterocycles. The van der Waals surface area contributed by atoms with Gasteiger partial charge in [-0.15, -0.1) is 0 Å². The highest BCUT2D eigenvalue weighted by Crippen LogP contribution is 2.28. The van der Waals surface area contributed by atoms with Gasteiger partial charge in [-0.05, 0) is 44.5 Å². The minimum Gasteiger partial charge on any atom is -0.490 e. The van der Waals surface area contributed by atoms with E-state index in [2.05, 4.69) is 5.10 Å². The lowest BCUT2D eigenvalue weighted by Crippen LogP contribution is -2.34. The van der Waals surface area contributed by atoms with E-state index in [4.69, 9.17) is 9.47 Å². The fourth-order valence-electron chi connectivity index (χ4n) is 1.98. The van der Waals surface area contributed by atoms with Crippen LogP contribution in [0.25, 0.3) is 0 Å². The number of amides is 1. The number of benzene rings is 1. The molecule has 0 unspecified atom stereocenters. The van der Waals surface area contributed by atoms with E-state index in [9.17, 15) is 4.79 Å². The van der Waals surface area contributed by atoms with Crippen LogP contribution in [0.1, 0.15) is 26.3 Å². The third kappa shape index (κ3) is 6.18. The first-order valence-electron chi connectivity index (χ1n) is 7.90. The average molecular weight is 321 g/mol. The molecule has 0 saturated carbocycles. The molecule has 0 saturated heterocycles. The smallest absolute Gasteiger partial charge is 0.260 e. The van der Waals surface area contributed by atoms with Gasteiger partial charge in [0.15, 0.2) is 18.1 Å². The molecule has 0 fully saturated rings. The van der Waals surface area contributed by atoms with Crippen LogP contribution < -0.4 is 9.47 Å². The second-order valence-corrected chi connectivity index (χ2v) is 5.09. The van der Waals surface area contributed by atoms with Crippen LogP contribution in [0.15, 0.2) is 23.3 Å². The molecule has 128 valence electrons. The Morgan fingerprint density at radius 2 is 1.83 bits per heavy atom. The van der Waals surface area contributed by atoms with Crippen LogP contribution in [0.3, 0.4) is 0 Å². The van der Waals surface area contributed by atoms with E-state index in [0.717, 1.165) is 5.56 Å². The summed E-state index contributed by atoms with van der Waals surface area (Å²) in [5.74, 6) is 1.15. The van der Waals surface area contributed by atoms with E-state index < -0.39 is 0 Å². The Labute approximate surface area is 138 Å². The molecule has 0 spiro atoms. The van der Waals surface area contributed by atoms with Crippen molar-refractivity contribution in [3.8, 4) is 11.5 Å². The van der Waals surface area contributed by atoms with Gasteiger partial charge in [0, 0.05) is 27.2 Å². The lowest BCUT2D eigenvalue weighted by molar-refractivity contribution is -0.132. The van der Waals surface area contributed by atoms with Gasteiger partial charge in [-0.1, -0.05) is 0 Å². The molecular formula is C17H27N3O3. The molecule has 0 N–H and O–H groups in total. The molecule has 0 atom stereocenters. The van der Waals surface area contributed by atoms with E-state index in [1.54, 1.807) is 22.2 Å². The molecule has 6 heteroatoms. The third-order valence-electron chi connectivity index (χ3n) is 3.17. The SMILES string of the molecule is CCOc1cc(/C=N/N(C)C)ccc1OCC(=O)N(CC)CC. The van der Waals surface area contributed by atoms with Crippen molar-refractivity contribution in [2.75, 3.05) is 40.4 Å². The number of hydrogen-bond acceptors (Lipinski definition) is 5. The average Bonchev–Trinajstić information content (AvgIpc) is 2.53. The minimum atomic E-state index is -0.0318. The first kappa shape index (κ1) is 18.8. The molecular weight excluding hydrogens is 294 g/mol. The summed E-state index contributed by atoms with van der Waals surface area (Å²) in [6.45, 7) is 7.69. The molecule has 1 aromatic carbocycles. The van der Waals surface area contributed by atoms with Crippen molar-refractivity contribution in [2.45, 2.75) is 20.8 Å². The quantitative estimate of drug-likeness (QED) is 0.517. The highest BCUT2D eigenvalue weighted by atomic mass is 16.5. The highest BCUT2D eigenvalue weighted by Gasteiger charge is 2.12. The van der Waals surface area contributed by atoms with Gasteiger partial charge in [0.05, 0.1) is 12.8 Å². The number of carbonyl (C=O) groups excluding carboxylic acids is 1. The Hall–Kier alpha value is -2.24. The van der Waals surface area contributed by atoms with E-state index in [-0.39, 0.29) is 12.5 Å². The van der Waals surface area contributed by atoms with E-state index in [0.29, 0.717) is 31.2 Å². The van der Waals surface area contributed by atoms with Gasteiger partial charge in [-0.3, -0.25) is 4.79 Å². The lowest BCUT2D eigenvalue weighted by atomic mass is 10.2. The Bertz CT molecular complexity index is 526. The number of ether oxygens (including phenoxy) is 2. The van der Waals surface area contributed by atoms with Gasteiger partial charge in [-0.25, -0.2) is 0 Å². The van der Waals surface area contributed by atoms with Crippen LogP contribution in [0, 0.1) is 0 Å². The predicted molar refractivity (Wildman–Crippen MR) is 92.3 cm³/mol. The van der Waals surface area contributed by atoms with Gasteiger partial charge >= 0.3 is 0 Å². The second kappa shape index (κ2) is 9.71. The van der Waals surface area contributed by atoms with E-state index in [1.807, 2.05) is 47.0 Å². The summed E-state index contributed by atoms with van der Waals surface area (Å²) in [5, 5.41) is 5.91. The zero-order chi connectivity index (χ0) is 17.2. The maximum atomic E-state index is 12.0. The van der Waals surface area contributed by atoms with Crippen LogP contribution >= 0.6 is 0 Å². The van der Waals surface area contributed by atoms with Crippen molar-refractivity contribution in [3.63, 3.8) is 0 Å². The topological polar surface area (TPSA) is 54.4 Å². The molecule has 6 nitrogen and oxygen atoms in total. The molecule has 0 bridgehead atoms. The molecule has 0 heterocycles. The Morgan fingerprint density at radius 1 is 1.13 bits per heavy atom. The fraction of sp³-hybridized carbons (Fsp3) is 0.529. The Morgan fingerprint density at radius 3 is 2.39 bits per heavy atom. The summed E-state index contributed by atoms with van der Waals surface area (Å²) in [6.07, 6.45) is 1.74. The number of rotatable bonds is 9. The van der Waals surface area contributed by atoms with Gasteiger partial charge in [0.25, 0.3) is 5.91 Å². The predicted octanol–water partition coefficient (Wildman–Crippen LogP) is 2.23. The molecule has 1 amide bonds. The van der Waals surface area contributed by atoms with Crippen molar-refractivity contribution in [2.24, 2.45) is 5.10 Å². The molecule has 23 heavy (non-hydrogen) atoms. The fourth-order valence-corrected chi connectivity index (χ4v) is 1.98. The van der Waals surface area contributed by atoms with Crippen molar-refractivity contribution < 1.29 is 14.3 Å². The third-order valence-corrected chi connectivity index (χ3v) is 3.17. The molecule has 0 radical (unpaired) electrons. The maximum Gasteiger partial charge on any atom is 0.260 e. The minimum absolute atomic E-state index is 0.00683. The molecule has 1 rings (SSSR count). The summed E-state index contributed by atoms with van der Waals surface area (Å²) >= 11 is 0. The van der Waals surface area contributed by atoms with Crippen molar-refractivity contribution in [3.05, 3.63) is 23.8 Å². The van der Waals surface area contributed by atoms with Gasteiger partial charge in [-0.2, -0.15) is 5.10 Å². The van der Waals surface area contributed by atoms with Crippen LogP contribution in [0.4, 0.5) is 0 Å². The van der Waals surface area contributed by atoms with Crippen LogP contribution in [-0.4, -0.2) is 62.4 Å². The van der Waals surface area contributed by atoms with Crippen molar-refractivity contribution in [1.29, 1.82) is 0 Å². The first-order chi connectivity index (χ1) is 11.0. The summed E-state index contributed by atoms with van der Waals surface area (Å²) < 4.78 is 11.3. The van der Waals surface area contributed by atoms with Crippen molar-refractivity contribution in [1.82, 2.24) is 9.91 Å². The van der Waals surface area contributed by atoms with E-state index in [1.165, 1.54) is 0 Å². The van der Waals surface area contributed by atoms with Gasteiger partial charge in [0.2, 0.25) is 0 Å². The molecule has 0 aliphatic rings.